The molecule has 6 nitrogen and oxygen atoms in total. The first kappa shape index (κ1) is 17.5. The van der Waals surface area contributed by atoms with E-state index >= 15 is 0 Å². The predicted octanol–water partition coefficient (Wildman–Crippen LogP) is 0.320. The van der Waals surface area contributed by atoms with E-state index in [1.165, 1.54) is 18.7 Å². The van der Waals surface area contributed by atoms with Crippen molar-refractivity contribution in [3.8, 4) is 0 Å². The van der Waals surface area contributed by atoms with E-state index in [1.54, 1.807) is 6.08 Å². The highest BCUT2D eigenvalue weighted by molar-refractivity contribution is 7.99. The number of thioether (sulfide) groups is 1. The SMILES string of the molecule is C=CCO[C@H]1[C@@H](O)[C@@H](CO)OC(SCC)[C@@H]1OC(C)=O. The maximum atomic E-state index is 11.2. The molecule has 0 aliphatic carbocycles. The van der Waals surface area contributed by atoms with Gasteiger partial charge in [-0.15, -0.1) is 18.3 Å². The van der Waals surface area contributed by atoms with E-state index < -0.39 is 35.8 Å². The minimum absolute atomic E-state index is 0.209. The molecule has 1 unspecified atom stereocenters. The summed E-state index contributed by atoms with van der Waals surface area (Å²) >= 11 is 1.43. The molecular formula is C13H22O6S. The van der Waals surface area contributed by atoms with Crippen LogP contribution in [0, 0.1) is 0 Å². The summed E-state index contributed by atoms with van der Waals surface area (Å²) in [5.74, 6) is 0.271. The van der Waals surface area contributed by atoms with E-state index in [4.69, 9.17) is 14.2 Å². The van der Waals surface area contributed by atoms with Crippen molar-refractivity contribution in [1.29, 1.82) is 0 Å². The van der Waals surface area contributed by atoms with Crippen LogP contribution in [0.1, 0.15) is 13.8 Å². The Balaban J connectivity index is 2.92. The van der Waals surface area contributed by atoms with Crippen LogP contribution in [0.3, 0.4) is 0 Å². The topological polar surface area (TPSA) is 85.2 Å². The van der Waals surface area contributed by atoms with E-state index in [9.17, 15) is 15.0 Å². The number of hydrogen-bond acceptors (Lipinski definition) is 7. The van der Waals surface area contributed by atoms with E-state index in [0.717, 1.165) is 5.75 Å². The van der Waals surface area contributed by atoms with E-state index in [1.807, 2.05) is 6.92 Å². The van der Waals surface area contributed by atoms with Crippen LogP contribution in [0.4, 0.5) is 0 Å². The van der Waals surface area contributed by atoms with Crippen LogP contribution in [-0.2, 0) is 19.0 Å². The second kappa shape index (κ2) is 8.63. The number of aliphatic hydroxyl groups excluding tert-OH is 2. The second-order valence-electron chi connectivity index (χ2n) is 4.33. The number of carbonyl (C=O) groups excluding carboxylic acids is 1. The Morgan fingerprint density at radius 3 is 2.70 bits per heavy atom. The summed E-state index contributed by atoms with van der Waals surface area (Å²) in [4.78, 5) is 11.2. The van der Waals surface area contributed by atoms with Crippen LogP contribution in [0.5, 0.6) is 0 Å². The van der Waals surface area contributed by atoms with E-state index in [-0.39, 0.29) is 13.2 Å². The van der Waals surface area contributed by atoms with Gasteiger partial charge in [0.1, 0.15) is 23.7 Å². The van der Waals surface area contributed by atoms with Gasteiger partial charge in [-0.25, -0.2) is 0 Å². The zero-order valence-corrected chi connectivity index (χ0v) is 12.5. The molecule has 0 bridgehead atoms. The van der Waals surface area contributed by atoms with Crippen molar-refractivity contribution >= 4 is 17.7 Å². The maximum Gasteiger partial charge on any atom is 0.303 e. The highest BCUT2D eigenvalue weighted by Crippen LogP contribution is 2.32. The van der Waals surface area contributed by atoms with Crippen LogP contribution in [0.25, 0.3) is 0 Å². The quantitative estimate of drug-likeness (QED) is 0.517. The fourth-order valence-corrected chi connectivity index (χ4v) is 2.98. The average molecular weight is 306 g/mol. The average Bonchev–Trinajstić information content (AvgIpc) is 2.41. The van der Waals surface area contributed by atoms with Gasteiger partial charge in [0.05, 0.1) is 13.2 Å². The smallest absolute Gasteiger partial charge is 0.303 e. The first-order valence-electron chi connectivity index (χ1n) is 6.50. The zero-order chi connectivity index (χ0) is 15.1. The number of hydrogen-bond donors (Lipinski definition) is 2. The number of aliphatic hydroxyl groups is 2. The molecule has 0 aromatic carbocycles. The zero-order valence-electron chi connectivity index (χ0n) is 11.7. The molecule has 0 amide bonds. The highest BCUT2D eigenvalue weighted by atomic mass is 32.2. The molecule has 20 heavy (non-hydrogen) atoms. The van der Waals surface area contributed by atoms with Gasteiger partial charge in [-0.05, 0) is 5.75 Å². The summed E-state index contributed by atoms with van der Waals surface area (Å²) in [7, 11) is 0. The monoisotopic (exact) mass is 306 g/mol. The molecule has 0 radical (unpaired) electrons. The molecule has 2 N–H and O–H groups in total. The highest BCUT2D eigenvalue weighted by Gasteiger charge is 2.47. The Hall–Kier alpha value is -0.600. The molecule has 0 saturated carbocycles. The van der Waals surface area contributed by atoms with Gasteiger partial charge in [-0.1, -0.05) is 13.0 Å². The first-order chi connectivity index (χ1) is 9.54. The molecule has 116 valence electrons. The molecule has 1 aliphatic heterocycles. The van der Waals surface area contributed by atoms with Crippen LogP contribution in [0.2, 0.25) is 0 Å². The van der Waals surface area contributed by atoms with Gasteiger partial charge in [0, 0.05) is 6.92 Å². The molecule has 1 rings (SSSR count). The van der Waals surface area contributed by atoms with Crippen LogP contribution >= 0.6 is 11.8 Å². The molecule has 1 fully saturated rings. The van der Waals surface area contributed by atoms with Gasteiger partial charge in [-0.3, -0.25) is 4.79 Å². The lowest BCUT2D eigenvalue weighted by Gasteiger charge is -2.43. The Morgan fingerprint density at radius 2 is 2.20 bits per heavy atom. The van der Waals surface area contributed by atoms with Crippen molar-refractivity contribution in [3.63, 3.8) is 0 Å². The van der Waals surface area contributed by atoms with Crippen molar-refractivity contribution < 1.29 is 29.2 Å². The second-order valence-corrected chi connectivity index (χ2v) is 5.71. The number of ether oxygens (including phenoxy) is 3. The lowest BCUT2D eigenvalue weighted by atomic mass is 10.00. The lowest BCUT2D eigenvalue weighted by Crippen LogP contribution is -2.59. The third-order valence-corrected chi connectivity index (χ3v) is 3.88. The summed E-state index contributed by atoms with van der Waals surface area (Å²) in [6.07, 6.45) is -1.77. The van der Waals surface area contributed by atoms with Gasteiger partial charge < -0.3 is 24.4 Å². The Kier molecular flexibility index (Phi) is 7.53. The van der Waals surface area contributed by atoms with E-state index in [2.05, 4.69) is 6.58 Å². The third kappa shape index (κ3) is 4.46. The summed E-state index contributed by atoms with van der Waals surface area (Å²) in [5.41, 5.74) is -0.487. The predicted molar refractivity (Wildman–Crippen MR) is 75.4 cm³/mol. The number of rotatable bonds is 7. The molecule has 5 atom stereocenters. The molecule has 0 spiro atoms. The fraction of sp³-hybridized carbons (Fsp3) is 0.769. The molecule has 1 saturated heterocycles. The van der Waals surface area contributed by atoms with Gasteiger partial charge >= 0.3 is 5.97 Å². The molecule has 7 heteroatoms. The first-order valence-corrected chi connectivity index (χ1v) is 7.55. The Bertz CT molecular complexity index is 324. The van der Waals surface area contributed by atoms with Crippen LogP contribution in [0.15, 0.2) is 12.7 Å². The van der Waals surface area contributed by atoms with E-state index in [0.29, 0.717) is 0 Å². The summed E-state index contributed by atoms with van der Waals surface area (Å²) in [6.45, 7) is 6.67. The minimum Gasteiger partial charge on any atom is -0.456 e. The van der Waals surface area contributed by atoms with Crippen molar-refractivity contribution in [2.45, 2.75) is 43.7 Å². The van der Waals surface area contributed by atoms with Gasteiger partial charge in [-0.2, -0.15) is 0 Å². The molecule has 1 heterocycles. The Morgan fingerprint density at radius 1 is 1.50 bits per heavy atom. The van der Waals surface area contributed by atoms with Gasteiger partial charge in [0.25, 0.3) is 0 Å². The minimum atomic E-state index is -1.07. The Labute approximate surface area is 123 Å². The third-order valence-electron chi connectivity index (χ3n) is 2.84. The normalized spacial score (nSPS) is 33.7. The maximum absolute atomic E-state index is 11.2. The van der Waals surface area contributed by atoms with Crippen LogP contribution in [-0.4, -0.2) is 65.0 Å². The van der Waals surface area contributed by atoms with Crippen molar-refractivity contribution in [1.82, 2.24) is 0 Å². The van der Waals surface area contributed by atoms with Crippen molar-refractivity contribution in [2.24, 2.45) is 0 Å². The van der Waals surface area contributed by atoms with Crippen molar-refractivity contribution in [2.75, 3.05) is 19.0 Å². The summed E-state index contributed by atoms with van der Waals surface area (Å²) in [5, 5.41) is 19.5. The largest absolute Gasteiger partial charge is 0.456 e. The fourth-order valence-electron chi connectivity index (χ4n) is 2.03. The molecule has 0 aromatic rings. The standard InChI is InChI=1S/C13H22O6S/c1-4-6-17-11-10(16)9(7-14)19-13(20-5-2)12(11)18-8(3)15/h4,9-14,16H,1,5-7H2,2-3H3/t9-,10+,11+,12-,13?/m1/s1. The molecule has 1 aliphatic rings. The van der Waals surface area contributed by atoms with Gasteiger partial charge in [0.2, 0.25) is 0 Å². The number of esters is 1. The number of carbonyl (C=O) groups is 1. The summed E-state index contributed by atoms with van der Waals surface area (Å²) < 4.78 is 16.4. The van der Waals surface area contributed by atoms with Gasteiger partial charge in [0.15, 0.2) is 6.10 Å². The molecule has 0 aromatic heterocycles. The molecular weight excluding hydrogens is 284 g/mol. The van der Waals surface area contributed by atoms with Crippen LogP contribution < -0.4 is 0 Å². The van der Waals surface area contributed by atoms with Crippen molar-refractivity contribution in [3.05, 3.63) is 12.7 Å². The summed E-state index contributed by atoms with van der Waals surface area (Å²) in [6, 6.07) is 0. The lowest BCUT2D eigenvalue weighted by molar-refractivity contribution is -0.227.